The number of nitrogens with two attached hydrogens (primary N) is 1. The molecule has 0 radical (unpaired) electrons. The van der Waals surface area contributed by atoms with E-state index < -0.39 is 11.7 Å². The fourth-order valence-electron chi connectivity index (χ4n) is 1.10. The van der Waals surface area contributed by atoms with Crippen LogP contribution in [0, 0.1) is 35.4 Å². The molecular weight excluding hydrogens is 207 g/mol. The smallest absolute Gasteiger partial charge is 0.149 e. The standard InChI is InChI=1S/C11H11FN4/c1-7-2-3-10(9(12)4-7)16-11(15)8(5-13)6-14/h2-5,8,13H,1H3,(H2,15,16). The predicted octanol–water partition coefficient (Wildman–Crippen LogP) is 1.91. The largest absolute Gasteiger partial charge is 0.386 e. The first-order chi connectivity index (χ1) is 7.58. The first-order valence-corrected chi connectivity index (χ1v) is 4.59. The van der Waals surface area contributed by atoms with Crippen molar-refractivity contribution in [2.24, 2.45) is 16.6 Å². The Morgan fingerprint density at radius 3 is 2.88 bits per heavy atom. The number of nitrogens with zero attached hydrogens (tertiary/aromatic N) is 2. The van der Waals surface area contributed by atoms with Crippen molar-refractivity contribution < 1.29 is 4.39 Å². The van der Waals surface area contributed by atoms with Crippen LogP contribution in [0.1, 0.15) is 5.56 Å². The van der Waals surface area contributed by atoms with E-state index in [1.54, 1.807) is 19.1 Å². The molecule has 0 spiro atoms. The molecular formula is C11H11FN4. The molecule has 5 heteroatoms. The molecule has 0 aliphatic rings. The van der Waals surface area contributed by atoms with Crippen molar-refractivity contribution in [2.75, 3.05) is 0 Å². The lowest BCUT2D eigenvalue weighted by atomic mass is 10.1. The van der Waals surface area contributed by atoms with Gasteiger partial charge in [0, 0.05) is 6.21 Å². The Bertz CT molecular complexity index is 473. The highest BCUT2D eigenvalue weighted by Gasteiger charge is 2.09. The molecule has 1 aromatic carbocycles. The van der Waals surface area contributed by atoms with Gasteiger partial charge in [0.25, 0.3) is 0 Å². The van der Waals surface area contributed by atoms with E-state index in [-0.39, 0.29) is 11.5 Å². The zero-order chi connectivity index (χ0) is 12.1. The van der Waals surface area contributed by atoms with Gasteiger partial charge >= 0.3 is 0 Å². The van der Waals surface area contributed by atoms with Crippen LogP contribution in [0.4, 0.5) is 10.1 Å². The van der Waals surface area contributed by atoms with Crippen molar-refractivity contribution in [1.82, 2.24) is 0 Å². The number of nitrogens with one attached hydrogen (secondary N) is 1. The molecule has 4 nitrogen and oxygen atoms in total. The van der Waals surface area contributed by atoms with Crippen molar-refractivity contribution in [1.29, 1.82) is 10.7 Å². The van der Waals surface area contributed by atoms with Gasteiger partial charge in [-0.05, 0) is 24.6 Å². The molecule has 1 unspecified atom stereocenters. The number of aryl methyl sites for hydroxylation is 1. The number of halogens is 1. The Labute approximate surface area is 92.7 Å². The summed E-state index contributed by atoms with van der Waals surface area (Å²) >= 11 is 0. The van der Waals surface area contributed by atoms with E-state index in [9.17, 15) is 4.39 Å². The molecule has 0 saturated carbocycles. The van der Waals surface area contributed by atoms with Gasteiger partial charge in [-0.2, -0.15) is 5.26 Å². The van der Waals surface area contributed by atoms with Crippen LogP contribution in [0.15, 0.2) is 23.2 Å². The summed E-state index contributed by atoms with van der Waals surface area (Å²) in [7, 11) is 0. The van der Waals surface area contributed by atoms with Gasteiger partial charge in [0.05, 0.1) is 6.07 Å². The maximum Gasteiger partial charge on any atom is 0.149 e. The molecule has 1 rings (SSSR count). The Morgan fingerprint density at radius 2 is 2.38 bits per heavy atom. The second-order valence-corrected chi connectivity index (χ2v) is 3.26. The fourth-order valence-corrected chi connectivity index (χ4v) is 1.10. The summed E-state index contributed by atoms with van der Waals surface area (Å²) in [5.74, 6) is -1.49. The third-order valence-corrected chi connectivity index (χ3v) is 1.98. The van der Waals surface area contributed by atoms with Crippen LogP contribution in [0.25, 0.3) is 0 Å². The van der Waals surface area contributed by atoms with Gasteiger partial charge < -0.3 is 11.1 Å². The van der Waals surface area contributed by atoms with Crippen LogP contribution in [0.2, 0.25) is 0 Å². The molecule has 1 aromatic rings. The highest BCUT2D eigenvalue weighted by Crippen LogP contribution is 2.19. The highest BCUT2D eigenvalue weighted by molar-refractivity contribution is 5.99. The number of rotatable bonds is 3. The zero-order valence-electron chi connectivity index (χ0n) is 8.74. The first kappa shape index (κ1) is 11.9. The van der Waals surface area contributed by atoms with Crippen molar-refractivity contribution in [3.63, 3.8) is 0 Å². The van der Waals surface area contributed by atoms with Gasteiger partial charge in [0.2, 0.25) is 0 Å². The quantitative estimate of drug-likeness (QED) is 0.599. The number of nitriles is 1. The predicted molar refractivity (Wildman–Crippen MR) is 60.3 cm³/mol. The molecule has 0 aromatic heterocycles. The van der Waals surface area contributed by atoms with E-state index in [0.29, 0.717) is 0 Å². The van der Waals surface area contributed by atoms with Crippen LogP contribution < -0.4 is 5.73 Å². The lowest BCUT2D eigenvalue weighted by Crippen LogP contribution is -2.23. The minimum atomic E-state index is -0.916. The summed E-state index contributed by atoms with van der Waals surface area (Å²) in [4.78, 5) is 3.79. The first-order valence-electron chi connectivity index (χ1n) is 4.59. The van der Waals surface area contributed by atoms with Crippen LogP contribution in [0.3, 0.4) is 0 Å². The monoisotopic (exact) mass is 218 g/mol. The molecule has 0 bridgehead atoms. The van der Waals surface area contributed by atoms with Gasteiger partial charge in [-0.15, -0.1) is 0 Å². The SMILES string of the molecule is Cc1ccc(N=C(N)C(C#N)C=N)c(F)c1. The molecule has 82 valence electrons. The molecule has 0 fully saturated rings. The van der Waals surface area contributed by atoms with Gasteiger partial charge in [-0.25, -0.2) is 9.38 Å². The van der Waals surface area contributed by atoms with E-state index >= 15 is 0 Å². The average Bonchev–Trinajstić information content (AvgIpc) is 2.24. The molecule has 0 heterocycles. The Hall–Kier alpha value is -2.22. The normalized spacial score (nSPS) is 12.9. The van der Waals surface area contributed by atoms with Crippen LogP contribution in [0.5, 0.6) is 0 Å². The summed E-state index contributed by atoms with van der Waals surface area (Å²) < 4.78 is 13.4. The van der Waals surface area contributed by atoms with Crippen LogP contribution >= 0.6 is 0 Å². The van der Waals surface area contributed by atoms with E-state index in [4.69, 9.17) is 16.4 Å². The summed E-state index contributed by atoms with van der Waals surface area (Å²) in [6.45, 7) is 1.76. The molecule has 0 saturated heterocycles. The van der Waals surface area contributed by atoms with Gasteiger partial charge in [0.15, 0.2) is 0 Å². The second-order valence-electron chi connectivity index (χ2n) is 3.26. The topological polar surface area (TPSA) is 86.0 Å². The molecule has 0 amide bonds. The average molecular weight is 218 g/mol. The summed E-state index contributed by atoms with van der Waals surface area (Å²) in [5.41, 5.74) is 6.34. The van der Waals surface area contributed by atoms with Crippen molar-refractivity contribution in [3.8, 4) is 6.07 Å². The molecule has 0 aliphatic heterocycles. The summed E-state index contributed by atoms with van der Waals surface area (Å²) in [5, 5.41) is 15.6. The van der Waals surface area contributed by atoms with Crippen molar-refractivity contribution in [2.45, 2.75) is 6.92 Å². The third-order valence-electron chi connectivity index (χ3n) is 1.98. The maximum absolute atomic E-state index is 13.4. The van der Waals surface area contributed by atoms with Crippen LogP contribution in [-0.4, -0.2) is 12.1 Å². The van der Waals surface area contributed by atoms with Crippen molar-refractivity contribution in [3.05, 3.63) is 29.6 Å². The molecule has 3 N–H and O–H groups in total. The highest BCUT2D eigenvalue weighted by atomic mass is 19.1. The van der Waals surface area contributed by atoms with E-state index in [0.717, 1.165) is 11.8 Å². The molecule has 16 heavy (non-hydrogen) atoms. The third kappa shape index (κ3) is 2.64. The number of aliphatic imine (C=N–C) groups is 1. The lowest BCUT2D eigenvalue weighted by Gasteiger charge is -2.03. The number of amidine groups is 1. The second kappa shape index (κ2) is 5.03. The number of benzene rings is 1. The molecule has 0 aliphatic carbocycles. The molecule has 1 atom stereocenters. The Kier molecular flexibility index (Phi) is 3.72. The van der Waals surface area contributed by atoms with Crippen molar-refractivity contribution >= 4 is 17.7 Å². The van der Waals surface area contributed by atoms with E-state index in [1.165, 1.54) is 12.1 Å². The fraction of sp³-hybridized carbons (Fsp3) is 0.182. The van der Waals surface area contributed by atoms with E-state index in [2.05, 4.69) is 4.99 Å². The summed E-state index contributed by atoms with van der Waals surface area (Å²) in [6, 6.07) is 6.29. The number of hydrogen-bond acceptors (Lipinski definition) is 3. The maximum atomic E-state index is 13.4. The van der Waals surface area contributed by atoms with Gasteiger partial charge in [-0.1, -0.05) is 6.07 Å². The lowest BCUT2D eigenvalue weighted by molar-refractivity contribution is 0.628. The van der Waals surface area contributed by atoms with Gasteiger partial charge in [-0.3, -0.25) is 0 Å². The van der Waals surface area contributed by atoms with Crippen LogP contribution in [-0.2, 0) is 0 Å². The zero-order valence-corrected chi connectivity index (χ0v) is 8.74. The minimum absolute atomic E-state index is 0.0743. The Balaban J connectivity index is 3.08. The Morgan fingerprint density at radius 1 is 1.69 bits per heavy atom. The van der Waals surface area contributed by atoms with Gasteiger partial charge in [0.1, 0.15) is 23.3 Å². The summed E-state index contributed by atoms with van der Waals surface area (Å²) in [6.07, 6.45) is 0.866. The minimum Gasteiger partial charge on any atom is -0.386 e. The van der Waals surface area contributed by atoms with E-state index in [1.807, 2.05) is 0 Å². The number of hydrogen-bond donors (Lipinski definition) is 2.